The number of carbonyl (C=O) groups is 1. The molecule has 2 rings (SSSR count). The Hall–Kier alpha value is -0.830. The summed E-state index contributed by atoms with van der Waals surface area (Å²) < 4.78 is 5.21. The van der Waals surface area contributed by atoms with E-state index in [1.54, 1.807) is 6.08 Å². The Labute approximate surface area is 58.3 Å². The molecule has 2 heterocycles. The lowest BCUT2D eigenvalue weighted by Crippen LogP contribution is -2.35. The first kappa shape index (κ1) is 5.92. The highest BCUT2D eigenvalue weighted by molar-refractivity contribution is 5.69. The fourth-order valence-electron chi connectivity index (χ4n) is 1.50. The van der Waals surface area contributed by atoms with Crippen LogP contribution in [0.15, 0.2) is 12.2 Å². The molecule has 2 aliphatic heterocycles. The molecule has 3 atom stereocenters. The molecule has 0 radical (unpaired) electrons. The molecule has 0 amide bonds. The van der Waals surface area contributed by atoms with Crippen LogP contribution in [0.1, 0.15) is 6.42 Å². The Kier molecular flexibility index (Phi) is 1.08. The summed E-state index contributed by atoms with van der Waals surface area (Å²) in [5.74, 6) is -1.40. The minimum atomic E-state index is -0.989. The lowest BCUT2D eigenvalue weighted by Gasteiger charge is -2.15. The number of hydrogen-bond donors (Lipinski definition) is 0. The van der Waals surface area contributed by atoms with Crippen LogP contribution < -0.4 is 5.11 Å². The summed E-state index contributed by atoms with van der Waals surface area (Å²) in [6.07, 6.45) is 4.12. The molecule has 0 aliphatic carbocycles. The third-order valence-corrected chi connectivity index (χ3v) is 2.03. The number of hydrogen-bond acceptors (Lipinski definition) is 3. The number of carboxylic acids is 1. The minimum Gasteiger partial charge on any atom is -0.550 e. The summed E-state index contributed by atoms with van der Waals surface area (Å²) in [6.45, 7) is 0. The van der Waals surface area contributed by atoms with Crippen molar-refractivity contribution in [1.82, 2.24) is 0 Å². The average molecular weight is 139 g/mol. The second-order valence-electron chi connectivity index (χ2n) is 2.69. The summed E-state index contributed by atoms with van der Waals surface area (Å²) in [6, 6.07) is 0. The van der Waals surface area contributed by atoms with Crippen LogP contribution in [0.5, 0.6) is 0 Å². The Bertz CT molecular complexity index is 197. The van der Waals surface area contributed by atoms with Crippen molar-refractivity contribution in [2.75, 3.05) is 0 Å². The van der Waals surface area contributed by atoms with Gasteiger partial charge in [-0.25, -0.2) is 0 Å². The van der Waals surface area contributed by atoms with Gasteiger partial charge in [0, 0.05) is 11.9 Å². The van der Waals surface area contributed by atoms with Crippen LogP contribution in [0.4, 0.5) is 0 Å². The first-order chi connectivity index (χ1) is 4.77. The van der Waals surface area contributed by atoms with Crippen LogP contribution in [-0.4, -0.2) is 18.2 Å². The van der Waals surface area contributed by atoms with Gasteiger partial charge >= 0.3 is 0 Å². The van der Waals surface area contributed by atoms with E-state index in [9.17, 15) is 9.90 Å². The van der Waals surface area contributed by atoms with Gasteiger partial charge in [-0.2, -0.15) is 0 Å². The first-order valence-electron chi connectivity index (χ1n) is 3.32. The molecule has 2 aliphatic rings. The van der Waals surface area contributed by atoms with Gasteiger partial charge in [-0.15, -0.1) is 0 Å². The molecule has 54 valence electrons. The number of carboxylic acid groups (broad SMARTS) is 1. The van der Waals surface area contributed by atoms with Crippen LogP contribution in [0.2, 0.25) is 0 Å². The predicted octanol–water partition coefficient (Wildman–Crippen LogP) is -0.920. The highest BCUT2D eigenvalue weighted by atomic mass is 16.5. The Balaban J connectivity index is 2.16. The van der Waals surface area contributed by atoms with Crippen molar-refractivity contribution >= 4 is 5.97 Å². The predicted molar refractivity (Wildman–Crippen MR) is 30.9 cm³/mol. The summed E-state index contributed by atoms with van der Waals surface area (Å²) in [4.78, 5) is 10.4. The quantitative estimate of drug-likeness (QED) is 0.441. The molecule has 0 aromatic carbocycles. The topological polar surface area (TPSA) is 49.4 Å². The van der Waals surface area contributed by atoms with E-state index in [-0.39, 0.29) is 12.2 Å². The van der Waals surface area contributed by atoms with Gasteiger partial charge in [-0.05, 0) is 6.42 Å². The molecule has 0 aromatic rings. The SMILES string of the molecule is O=C([O-])[C@@H]1C[C@H]2C=C[C@@H]1O2. The van der Waals surface area contributed by atoms with Crippen molar-refractivity contribution in [1.29, 1.82) is 0 Å². The maximum atomic E-state index is 10.4. The second-order valence-corrected chi connectivity index (χ2v) is 2.69. The van der Waals surface area contributed by atoms with E-state index in [0.717, 1.165) is 0 Å². The van der Waals surface area contributed by atoms with Gasteiger partial charge in [0.1, 0.15) is 0 Å². The molecule has 1 fully saturated rings. The van der Waals surface area contributed by atoms with Gasteiger partial charge in [-0.1, -0.05) is 12.2 Å². The Morgan fingerprint density at radius 1 is 1.60 bits per heavy atom. The summed E-state index contributed by atoms with van der Waals surface area (Å²) >= 11 is 0. The van der Waals surface area contributed by atoms with Gasteiger partial charge in [0.05, 0.1) is 12.2 Å². The van der Waals surface area contributed by atoms with E-state index in [1.165, 1.54) is 0 Å². The number of carbonyl (C=O) groups excluding carboxylic acids is 1. The molecular weight excluding hydrogens is 132 g/mol. The van der Waals surface area contributed by atoms with Crippen LogP contribution in [0.3, 0.4) is 0 Å². The van der Waals surface area contributed by atoms with E-state index in [4.69, 9.17) is 4.74 Å². The summed E-state index contributed by atoms with van der Waals surface area (Å²) in [7, 11) is 0. The van der Waals surface area contributed by atoms with Crippen molar-refractivity contribution in [2.24, 2.45) is 5.92 Å². The Morgan fingerprint density at radius 2 is 2.40 bits per heavy atom. The minimum absolute atomic E-state index is 0.0351. The maximum absolute atomic E-state index is 10.4. The fourth-order valence-corrected chi connectivity index (χ4v) is 1.50. The first-order valence-corrected chi connectivity index (χ1v) is 3.32. The smallest absolute Gasteiger partial charge is 0.0846 e. The number of fused-ring (bicyclic) bond motifs is 2. The summed E-state index contributed by atoms with van der Waals surface area (Å²) in [5.41, 5.74) is 0. The number of ether oxygens (including phenoxy) is 1. The van der Waals surface area contributed by atoms with E-state index >= 15 is 0 Å². The molecule has 0 N–H and O–H groups in total. The molecule has 3 heteroatoms. The lowest BCUT2D eigenvalue weighted by molar-refractivity contribution is -0.312. The monoisotopic (exact) mass is 139 g/mol. The molecule has 0 aromatic heterocycles. The third kappa shape index (κ3) is 0.671. The fraction of sp³-hybridized carbons (Fsp3) is 0.571. The van der Waals surface area contributed by atoms with Crippen molar-refractivity contribution in [3.63, 3.8) is 0 Å². The molecule has 2 bridgehead atoms. The van der Waals surface area contributed by atoms with Crippen LogP contribution in [0.25, 0.3) is 0 Å². The average Bonchev–Trinajstić information content (AvgIpc) is 2.44. The van der Waals surface area contributed by atoms with Crippen molar-refractivity contribution in [3.05, 3.63) is 12.2 Å². The van der Waals surface area contributed by atoms with Crippen molar-refractivity contribution in [3.8, 4) is 0 Å². The van der Waals surface area contributed by atoms with Gasteiger partial charge in [0.25, 0.3) is 0 Å². The standard InChI is InChI=1S/C7H8O3/c8-7(9)5-3-4-1-2-6(5)10-4/h1-2,4-6H,3H2,(H,8,9)/p-1/t4-,5-,6+/m1/s1. The highest BCUT2D eigenvalue weighted by Gasteiger charge is 2.37. The summed E-state index contributed by atoms with van der Waals surface area (Å²) in [5, 5.41) is 10.4. The Morgan fingerprint density at radius 3 is 2.70 bits per heavy atom. The van der Waals surface area contributed by atoms with Crippen molar-refractivity contribution in [2.45, 2.75) is 18.6 Å². The van der Waals surface area contributed by atoms with Crippen LogP contribution in [-0.2, 0) is 9.53 Å². The van der Waals surface area contributed by atoms with Crippen molar-refractivity contribution < 1.29 is 14.6 Å². The normalized spacial score (nSPS) is 42.6. The molecule has 0 unspecified atom stereocenters. The molecule has 0 saturated carbocycles. The molecule has 3 nitrogen and oxygen atoms in total. The molecular formula is C7H7O3-. The molecule has 0 spiro atoms. The zero-order valence-corrected chi connectivity index (χ0v) is 5.32. The number of aliphatic carboxylic acids is 1. The zero-order valence-electron chi connectivity index (χ0n) is 5.32. The highest BCUT2D eigenvalue weighted by Crippen LogP contribution is 2.32. The van der Waals surface area contributed by atoms with Gasteiger partial charge < -0.3 is 14.6 Å². The van der Waals surface area contributed by atoms with Gasteiger partial charge in [0.15, 0.2) is 0 Å². The second kappa shape index (κ2) is 1.83. The lowest BCUT2D eigenvalue weighted by atomic mass is 9.95. The van der Waals surface area contributed by atoms with Gasteiger partial charge in [-0.3, -0.25) is 0 Å². The zero-order chi connectivity index (χ0) is 7.14. The third-order valence-electron chi connectivity index (χ3n) is 2.03. The number of rotatable bonds is 1. The van der Waals surface area contributed by atoms with Gasteiger partial charge in [0.2, 0.25) is 0 Å². The van der Waals surface area contributed by atoms with Crippen LogP contribution in [0, 0.1) is 5.92 Å². The van der Waals surface area contributed by atoms with E-state index in [1.807, 2.05) is 6.08 Å². The van der Waals surface area contributed by atoms with Crippen LogP contribution >= 0.6 is 0 Å². The largest absolute Gasteiger partial charge is 0.550 e. The van der Waals surface area contributed by atoms with E-state index in [2.05, 4.69) is 0 Å². The maximum Gasteiger partial charge on any atom is 0.0846 e. The van der Waals surface area contributed by atoms with E-state index < -0.39 is 11.9 Å². The van der Waals surface area contributed by atoms with E-state index in [0.29, 0.717) is 6.42 Å². The molecule has 1 saturated heterocycles. The molecule has 10 heavy (non-hydrogen) atoms.